The molecule has 0 radical (unpaired) electrons. The van der Waals surface area contributed by atoms with Gasteiger partial charge < -0.3 is 10.2 Å². The van der Waals surface area contributed by atoms with E-state index in [0.717, 1.165) is 24.2 Å². The highest BCUT2D eigenvalue weighted by Gasteiger charge is 2.22. The van der Waals surface area contributed by atoms with E-state index in [1.54, 1.807) is 43.0 Å². The number of nitrogens with one attached hydrogen (secondary N) is 2. The van der Waals surface area contributed by atoms with Gasteiger partial charge in [-0.25, -0.2) is 9.82 Å². The highest BCUT2D eigenvalue weighted by molar-refractivity contribution is 7.99. The molecule has 0 aliphatic carbocycles. The number of thioether (sulfide) groups is 1. The fourth-order valence-electron chi connectivity index (χ4n) is 4.20. The van der Waals surface area contributed by atoms with Crippen molar-refractivity contribution in [1.82, 2.24) is 15.3 Å². The number of fused-ring (bicyclic) bond motifs is 1. The van der Waals surface area contributed by atoms with Crippen LogP contribution in [0.25, 0.3) is 10.9 Å². The number of hydrazone groups is 1. The molecule has 1 heterocycles. The summed E-state index contributed by atoms with van der Waals surface area (Å²) in [6.45, 7) is 2.20. The van der Waals surface area contributed by atoms with Crippen LogP contribution >= 0.6 is 11.8 Å². The Labute approximate surface area is 241 Å². The Kier molecular flexibility index (Phi) is 12.9. The number of aromatic nitrogens is 1. The van der Waals surface area contributed by atoms with E-state index >= 15 is 0 Å². The Morgan fingerprint density at radius 2 is 1.82 bits per heavy atom. The zero-order valence-corrected chi connectivity index (χ0v) is 24.5. The van der Waals surface area contributed by atoms with Gasteiger partial charge in [0.1, 0.15) is 5.82 Å². The van der Waals surface area contributed by atoms with Crippen LogP contribution in [0.3, 0.4) is 0 Å². The van der Waals surface area contributed by atoms with Crippen molar-refractivity contribution in [3.63, 3.8) is 0 Å². The second-order valence-corrected chi connectivity index (χ2v) is 11.1. The van der Waals surface area contributed by atoms with Crippen LogP contribution in [0.15, 0.2) is 64.7 Å². The third-order valence-electron chi connectivity index (χ3n) is 6.48. The molecule has 0 fully saturated rings. The Hall–Kier alpha value is -3.46. The summed E-state index contributed by atoms with van der Waals surface area (Å²) in [5.41, 5.74) is 3.81. The van der Waals surface area contributed by atoms with Crippen LogP contribution in [-0.4, -0.2) is 53.8 Å². The number of nitrogens with zero attached hydrogens (tertiary/aromatic N) is 3. The first kappa shape index (κ1) is 31.1. The highest BCUT2D eigenvalue weighted by atomic mass is 32.2. The smallest absolute Gasteiger partial charge is 0.275 e. The van der Waals surface area contributed by atoms with Crippen molar-refractivity contribution in [3.8, 4) is 0 Å². The normalized spacial score (nSPS) is 12.0. The number of halogens is 1. The van der Waals surface area contributed by atoms with E-state index in [1.807, 2.05) is 30.3 Å². The minimum absolute atomic E-state index is 0.0546. The molecule has 0 aliphatic heterocycles. The molecular weight excluding hydrogens is 525 g/mol. The largest absolute Gasteiger partial charge is 0.380 e. The van der Waals surface area contributed by atoms with Crippen molar-refractivity contribution in [2.75, 3.05) is 25.2 Å². The average molecular weight is 566 g/mol. The van der Waals surface area contributed by atoms with E-state index in [1.165, 1.54) is 44.0 Å². The molecule has 3 aromatic rings. The van der Waals surface area contributed by atoms with Gasteiger partial charge in [-0.2, -0.15) is 5.10 Å². The summed E-state index contributed by atoms with van der Waals surface area (Å²) in [5, 5.41) is 8.00. The van der Waals surface area contributed by atoms with Crippen LogP contribution < -0.4 is 10.7 Å². The summed E-state index contributed by atoms with van der Waals surface area (Å²) < 4.78 is 14.3. The third-order valence-corrected chi connectivity index (χ3v) is 7.66. The molecule has 0 spiro atoms. The van der Waals surface area contributed by atoms with E-state index in [4.69, 9.17) is 0 Å². The van der Waals surface area contributed by atoms with Crippen LogP contribution in [0.5, 0.6) is 0 Å². The number of benzene rings is 2. The summed E-state index contributed by atoms with van der Waals surface area (Å²) in [6.07, 6.45) is 11.3. The number of carbonyl (C=O) groups is 2. The molecular formula is C31H40FN5O2S. The lowest BCUT2D eigenvalue weighted by atomic mass is 10.1. The van der Waals surface area contributed by atoms with E-state index < -0.39 is 11.7 Å². The highest BCUT2D eigenvalue weighted by Crippen LogP contribution is 2.29. The number of hydrogen-bond acceptors (Lipinski definition) is 6. The monoisotopic (exact) mass is 565 g/mol. The SMILES string of the molecule is CCCCCCCC/C=N/NC(=O)c1cnc2ccc(F)cc2c1N[C@@H](CSc1ccccc1)CC(=O)N(C)C. The maximum absolute atomic E-state index is 14.3. The molecule has 214 valence electrons. The predicted molar refractivity (Wildman–Crippen MR) is 164 cm³/mol. The second-order valence-electron chi connectivity index (χ2n) is 9.97. The topological polar surface area (TPSA) is 86.7 Å². The molecule has 2 N–H and O–H groups in total. The van der Waals surface area contributed by atoms with Gasteiger partial charge in [-0.3, -0.25) is 14.6 Å². The van der Waals surface area contributed by atoms with Gasteiger partial charge in [0.15, 0.2) is 0 Å². The van der Waals surface area contributed by atoms with E-state index in [0.29, 0.717) is 22.3 Å². The molecule has 0 saturated heterocycles. The number of anilines is 1. The lowest BCUT2D eigenvalue weighted by molar-refractivity contribution is -0.128. The molecule has 0 saturated carbocycles. The lowest BCUT2D eigenvalue weighted by Gasteiger charge is -2.23. The first-order valence-electron chi connectivity index (χ1n) is 13.9. The van der Waals surface area contributed by atoms with Gasteiger partial charge in [-0.05, 0) is 43.2 Å². The van der Waals surface area contributed by atoms with Gasteiger partial charge in [-0.1, -0.05) is 57.2 Å². The van der Waals surface area contributed by atoms with Gasteiger partial charge in [-0.15, -0.1) is 11.8 Å². The Morgan fingerprint density at radius 1 is 1.07 bits per heavy atom. The van der Waals surface area contributed by atoms with Crippen LogP contribution in [0.4, 0.5) is 10.1 Å². The zero-order chi connectivity index (χ0) is 28.7. The first-order chi connectivity index (χ1) is 19.4. The molecule has 2 aromatic carbocycles. The quantitative estimate of drug-likeness (QED) is 0.0855. The minimum atomic E-state index is -0.450. The molecule has 7 nitrogen and oxygen atoms in total. The van der Waals surface area contributed by atoms with Crippen LogP contribution in [-0.2, 0) is 4.79 Å². The lowest BCUT2D eigenvalue weighted by Crippen LogP contribution is -2.33. The number of carbonyl (C=O) groups excluding carboxylic acids is 2. The fraction of sp³-hybridized carbons (Fsp3) is 0.419. The van der Waals surface area contributed by atoms with E-state index in [9.17, 15) is 14.0 Å². The molecule has 2 amide bonds. The summed E-state index contributed by atoms with van der Waals surface area (Å²) in [7, 11) is 3.42. The number of rotatable bonds is 16. The Morgan fingerprint density at radius 3 is 2.58 bits per heavy atom. The molecule has 1 atom stereocenters. The van der Waals surface area contributed by atoms with Gasteiger partial charge in [0.25, 0.3) is 5.91 Å². The molecule has 1 aromatic heterocycles. The minimum Gasteiger partial charge on any atom is -0.380 e. The first-order valence-corrected chi connectivity index (χ1v) is 14.9. The standard InChI is InChI=1S/C31H40FN5O2S/c1-4-5-6-7-8-9-13-18-34-36-31(39)27-21-33-28-17-16-23(32)19-26(28)30(27)35-24(20-29(38)37(2)3)22-40-25-14-11-10-12-15-25/h10-12,14-19,21,24H,4-9,13,20,22H2,1-3H3,(H,33,35)(H,36,39)/b34-18+/t24-/m1/s1. The van der Waals surface area contributed by atoms with Crippen LogP contribution in [0.2, 0.25) is 0 Å². The number of pyridine rings is 1. The van der Waals surface area contributed by atoms with E-state index in [2.05, 4.69) is 27.8 Å². The van der Waals surface area contributed by atoms with E-state index in [-0.39, 0.29) is 23.9 Å². The fourth-order valence-corrected chi connectivity index (χ4v) is 5.14. The Balaban J connectivity index is 1.80. The van der Waals surface area contributed by atoms with Gasteiger partial charge >= 0.3 is 0 Å². The van der Waals surface area contributed by atoms with Crippen molar-refractivity contribution < 1.29 is 14.0 Å². The van der Waals surface area contributed by atoms with Crippen molar-refractivity contribution in [1.29, 1.82) is 0 Å². The molecule has 9 heteroatoms. The summed E-state index contributed by atoms with van der Waals surface area (Å²) in [6, 6.07) is 13.8. The van der Waals surface area contributed by atoms with Gasteiger partial charge in [0.05, 0.1) is 16.8 Å². The number of amides is 2. The molecule has 0 bridgehead atoms. The van der Waals surface area contributed by atoms with Crippen LogP contribution in [0, 0.1) is 5.82 Å². The zero-order valence-electron chi connectivity index (χ0n) is 23.7. The number of unbranched alkanes of at least 4 members (excludes halogenated alkanes) is 6. The van der Waals surface area contributed by atoms with Gasteiger partial charge in [0.2, 0.25) is 5.91 Å². The van der Waals surface area contributed by atoms with Crippen molar-refractivity contribution >= 4 is 46.4 Å². The molecule has 3 rings (SSSR count). The average Bonchev–Trinajstić information content (AvgIpc) is 2.95. The Bertz CT molecular complexity index is 1270. The molecule has 0 aliphatic rings. The van der Waals surface area contributed by atoms with Gasteiger partial charge in [0, 0.05) is 55.0 Å². The van der Waals surface area contributed by atoms with Crippen molar-refractivity contribution in [2.45, 2.75) is 69.2 Å². The van der Waals surface area contributed by atoms with Crippen molar-refractivity contribution in [2.24, 2.45) is 5.10 Å². The maximum atomic E-state index is 14.3. The predicted octanol–water partition coefficient (Wildman–Crippen LogP) is 6.89. The maximum Gasteiger partial charge on any atom is 0.275 e. The van der Waals surface area contributed by atoms with Crippen LogP contribution in [0.1, 0.15) is 68.6 Å². The van der Waals surface area contributed by atoms with Crippen molar-refractivity contribution in [3.05, 3.63) is 66.1 Å². The summed E-state index contributed by atoms with van der Waals surface area (Å²) in [5.74, 6) is -0.388. The summed E-state index contributed by atoms with van der Waals surface area (Å²) >= 11 is 1.60. The molecule has 40 heavy (non-hydrogen) atoms. The second kappa shape index (κ2) is 16.6. The molecule has 0 unspecified atom stereocenters. The third kappa shape index (κ3) is 9.93. The summed E-state index contributed by atoms with van der Waals surface area (Å²) in [4.78, 5) is 32.9. The number of hydrogen-bond donors (Lipinski definition) is 2.